The van der Waals surface area contributed by atoms with Crippen molar-refractivity contribution in [2.75, 3.05) is 7.11 Å². The van der Waals surface area contributed by atoms with Crippen molar-refractivity contribution in [3.63, 3.8) is 0 Å². The Morgan fingerprint density at radius 3 is 2.40 bits per heavy atom. The summed E-state index contributed by atoms with van der Waals surface area (Å²) in [6.07, 6.45) is -0.541. The molecule has 0 heterocycles. The van der Waals surface area contributed by atoms with Gasteiger partial charge in [-0.1, -0.05) is 30.3 Å². The Bertz CT molecular complexity index is 559. The second-order valence-electron chi connectivity index (χ2n) is 4.81. The molecule has 0 aromatic heterocycles. The molecule has 1 unspecified atom stereocenters. The van der Waals surface area contributed by atoms with E-state index in [0.29, 0.717) is 6.61 Å². The van der Waals surface area contributed by atoms with Crippen LogP contribution in [0.25, 0.3) is 0 Å². The fraction of sp³-hybridized carbons (Fsp3) is 0.294. The number of para-hydroxylation sites is 1. The molecule has 0 radical (unpaired) electrons. The summed E-state index contributed by atoms with van der Waals surface area (Å²) in [5.41, 5.74) is 2.90. The maximum atomic E-state index is 9.80. The number of rotatable bonds is 5. The van der Waals surface area contributed by atoms with Crippen molar-refractivity contribution >= 4 is 0 Å². The Kier molecular flexibility index (Phi) is 4.64. The smallest absolute Gasteiger partial charge is 0.128 e. The van der Waals surface area contributed by atoms with E-state index in [2.05, 4.69) is 0 Å². The van der Waals surface area contributed by atoms with Crippen LogP contribution in [0, 0.1) is 6.92 Å². The summed E-state index contributed by atoms with van der Waals surface area (Å²) in [6.45, 7) is 4.19. The molecule has 20 heavy (non-hydrogen) atoms. The minimum atomic E-state index is -0.541. The average molecular weight is 272 g/mol. The molecule has 3 heteroatoms. The molecule has 0 amide bonds. The quantitative estimate of drug-likeness (QED) is 0.903. The Morgan fingerprint density at radius 1 is 1.10 bits per heavy atom. The molecule has 1 N–H and O–H groups in total. The summed E-state index contributed by atoms with van der Waals surface area (Å²) in [4.78, 5) is 0. The van der Waals surface area contributed by atoms with E-state index >= 15 is 0 Å². The molecular weight excluding hydrogens is 252 g/mol. The van der Waals surface area contributed by atoms with Crippen molar-refractivity contribution in [2.45, 2.75) is 26.6 Å². The second kappa shape index (κ2) is 6.44. The van der Waals surface area contributed by atoms with E-state index in [9.17, 15) is 5.11 Å². The summed E-state index contributed by atoms with van der Waals surface area (Å²) in [6, 6.07) is 13.6. The van der Waals surface area contributed by atoms with E-state index in [1.165, 1.54) is 0 Å². The molecule has 0 fully saturated rings. The van der Waals surface area contributed by atoms with Crippen molar-refractivity contribution in [3.05, 3.63) is 59.2 Å². The zero-order chi connectivity index (χ0) is 14.5. The van der Waals surface area contributed by atoms with Crippen LogP contribution in [0.4, 0.5) is 0 Å². The number of aliphatic hydroxyl groups is 1. The molecule has 0 spiro atoms. The lowest BCUT2D eigenvalue weighted by Crippen LogP contribution is -2.02. The Labute approximate surface area is 119 Å². The second-order valence-corrected chi connectivity index (χ2v) is 4.81. The molecule has 0 saturated heterocycles. The molecule has 2 aromatic carbocycles. The first-order chi connectivity index (χ1) is 9.61. The number of benzene rings is 2. The molecule has 0 saturated carbocycles. The van der Waals surface area contributed by atoms with Crippen LogP contribution in [0.15, 0.2) is 42.5 Å². The number of aryl methyl sites for hydroxylation is 1. The monoisotopic (exact) mass is 272 g/mol. The van der Waals surface area contributed by atoms with Crippen molar-refractivity contribution < 1.29 is 14.6 Å². The van der Waals surface area contributed by atoms with Crippen LogP contribution < -0.4 is 9.47 Å². The SMILES string of the molecule is COc1ccc(COc2c(C)cccc2C(C)O)cc1. The third kappa shape index (κ3) is 3.31. The predicted molar refractivity (Wildman–Crippen MR) is 79.1 cm³/mol. The third-order valence-corrected chi connectivity index (χ3v) is 3.23. The van der Waals surface area contributed by atoms with Crippen molar-refractivity contribution in [1.29, 1.82) is 0 Å². The first-order valence-corrected chi connectivity index (χ1v) is 6.65. The molecule has 106 valence electrons. The average Bonchev–Trinajstić information content (AvgIpc) is 2.46. The molecule has 0 bridgehead atoms. The van der Waals surface area contributed by atoms with Gasteiger partial charge >= 0.3 is 0 Å². The lowest BCUT2D eigenvalue weighted by atomic mass is 10.1. The van der Waals surface area contributed by atoms with Crippen LogP contribution >= 0.6 is 0 Å². The van der Waals surface area contributed by atoms with Crippen LogP contribution in [0.3, 0.4) is 0 Å². The minimum absolute atomic E-state index is 0.467. The van der Waals surface area contributed by atoms with Gasteiger partial charge < -0.3 is 14.6 Å². The number of hydrogen-bond acceptors (Lipinski definition) is 3. The standard InChI is InChI=1S/C17H20O3/c1-12-5-4-6-16(13(2)18)17(12)20-11-14-7-9-15(19-3)10-8-14/h4-10,13,18H,11H2,1-3H3. The van der Waals surface area contributed by atoms with Gasteiger partial charge in [0.25, 0.3) is 0 Å². The first kappa shape index (κ1) is 14.4. The fourth-order valence-corrected chi connectivity index (χ4v) is 2.08. The number of aliphatic hydroxyl groups excluding tert-OH is 1. The highest BCUT2D eigenvalue weighted by atomic mass is 16.5. The summed E-state index contributed by atoms with van der Waals surface area (Å²) in [5.74, 6) is 1.59. The van der Waals surface area contributed by atoms with E-state index in [4.69, 9.17) is 9.47 Å². The highest BCUT2D eigenvalue weighted by Crippen LogP contribution is 2.29. The van der Waals surface area contributed by atoms with Crippen molar-refractivity contribution in [3.8, 4) is 11.5 Å². The van der Waals surface area contributed by atoms with Crippen LogP contribution in [-0.4, -0.2) is 12.2 Å². The number of methoxy groups -OCH3 is 1. The van der Waals surface area contributed by atoms with Gasteiger partial charge in [-0.15, -0.1) is 0 Å². The van der Waals surface area contributed by atoms with Gasteiger partial charge in [-0.3, -0.25) is 0 Å². The largest absolute Gasteiger partial charge is 0.497 e. The Hall–Kier alpha value is -2.00. The van der Waals surface area contributed by atoms with Gasteiger partial charge in [0.15, 0.2) is 0 Å². The predicted octanol–water partition coefficient (Wildman–Crippen LogP) is 3.64. The van der Waals surface area contributed by atoms with E-state index in [1.54, 1.807) is 14.0 Å². The van der Waals surface area contributed by atoms with Gasteiger partial charge in [-0.2, -0.15) is 0 Å². The molecule has 2 rings (SSSR count). The topological polar surface area (TPSA) is 38.7 Å². The Balaban J connectivity index is 2.13. The summed E-state index contributed by atoms with van der Waals surface area (Å²) in [5, 5.41) is 9.80. The first-order valence-electron chi connectivity index (χ1n) is 6.65. The number of hydrogen-bond donors (Lipinski definition) is 1. The summed E-state index contributed by atoms with van der Waals surface area (Å²) in [7, 11) is 1.65. The van der Waals surface area contributed by atoms with Crippen LogP contribution in [0.1, 0.15) is 29.7 Å². The van der Waals surface area contributed by atoms with Gasteiger partial charge in [-0.05, 0) is 37.1 Å². The lowest BCUT2D eigenvalue weighted by molar-refractivity contribution is 0.189. The number of ether oxygens (including phenoxy) is 2. The molecule has 2 aromatic rings. The van der Waals surface area contributed by atoms with E-state index in [0.717, 1.165) is 28.2 Å². The van der Waals surface area contributed by atoms with Gasteiger partial charge in [0.05, 0.1) is 13.2 Å². The molecule has 1 atom stereocenters. The van der Waals surface area contributed by atoms with Crippen LogP contribution in [0.5, 0.6) is 11.5 Å². The maximum Gasteiger partial charge on any atom is 0.128 e. The maximum absolute atomic E-state index is 9.80. The lowest BCUT2D eigenvalue weighted by Gasteiger charge is -2.16. The molecule has 0 aliphatic heterocycles. The normalized spacial score (nSPS) is 12.0. The van der Waals surface area contributed by atoms with Gasteiger partial charge in [0, 0.05) is 5.56 Å². The van der Waals surface area contributed by atoms with Gasteiger partial charge in [0.1, 0.15) is 18.1 Å². The molecule has 3 nitrogen and oxygen atoms in total. The van der Waals surface area contributed by atoms with Gasteiger partial charge in [-0.25, -0.2) is 0 Å². The molecule has 0 aliphatic rings. The molecular formula is C17H20O3. The summed E-state index contributed by atoms with van der Waals surface area (Å²) >= 11 is 0. The van der Waals surface area contributed by atoms with E-state index < -0.39 is 6.10 Å². The van der Waals surface area contributed by atoms with Crippen LogP contribution in [0.2, 0.25) is 0 Å². The minimum Gasteiger partial charge on any atom is -0.497 e. The third-order valence-electron chi connectivity index (χ3n) is 3.23. The zero-order valence-corrected chi connectivity index (χ0v) is 12.1. The van der Waals surface area contributed by atoms with Crippen LogP contribution in [-0.2, 0) is 6.61 Å². The fourth-order valence-electron chi connectivity index (χ4n) is 2.08. The highest BCUT2D eigenvalue weighted by molar-refractivity contribution is 5.42. The van der Waals surface area contributed by atoms with Crippen molar-refractivity contribution in [1.82, 2.24) is 0 Å². The zero-order valence-electron chi connectivity index (χ0n) is 12.1. The molecule has 0 aliphatic carbocycles. The van der Waals surface area contributed by atoms with Gasteiger partial charge in [0.2, 0.25) is 0 Å². The Morgan fingerprint density at radius 2 is 1.80 bits per heavy atom. The van der Waals surface area contributed by atoms with E-state index in [1.807, 2.05) is 49.4 Å². The highest BCUT2D eigenvalue weighted by Gasteiger charge is 2.11. The summed E-state index contributed by atoms with van der Waals surface area (Å²) < 4.78 is 11.0. The van der Waals surface area contributed by atoms with E-state index in [-0.39, 0.29) is 0 Å². The van der Waals surface area contributed by atoms with Crippen molar-refractivity contribution in [2.24, 2.45) is 0 Å².